The Morgan fingerprint density at radius 1 is 1.22 bits per heavy atom. The lowest BCUT2D eigenvalue weighted by Gasteiger charge is -2.52. The van der Waals surface area contributed by atoms with E-state index in [9.17, 15) is 10.1 Å². The number of carbonyl (C=O) groups is 1. The summed E-state index contributed by atoms with van der Waals surface area (Å²) in [6.07, 6.45) is 5.20. The number of carbonyl (C=O) groups excluding carboxylic acids is 1. The summed E-state index contributed by atoms with van der Waals surface area (Å²) in [4.78, 5) is 17.1. The Balaban J connectivity index is 1.38. The predicted molar refractivity (Wildman–Crippen MR) is 123 cm³/mol. The van der Waals surface area contributed by atoms with E-state index >= 15 is 0 Å². The fourth-order valence-corrected chi connectivity index (χ4v) is 6.55. The highest BCUT2D eigenvalue weighted by atomic mass is 79.9. The van der Waals surface area contributed by atoms with Crippen LogP contribution in [0.4, 0.5) is 0 Å². The molecule has 1 saturated carbocycles. The molecular formula is C25H35BrO6. The Labute approximate surface area is 199 Å². The molecule has 2 saturated heterocycles. The van der Waals surface area contributed by atoms with Crippen LogP contribution in [0.25, 0.3) is 0 Å². The van der Waals surface area contributed by atoms with Crippen LogP contribution in [0.5, 0.6) is 0 Å². The van der Waals surface area contributed by atoms with E-state index < -0.39 is 5.79 Å². The maximum atomic E-state index is 12.3. The van der Waals surface area contributed by atoms with E-state index in [1.54, 1.807) is 13.0 Å². The van der Waals surface area contributed by atoms with E-state index in [0.29, 0.717) is 48.2 Å². The van der Waals surface area contributed by atoms with Gasteiger partial charge in [0.2, 0.25) is 5.79 Å². The molecule has 1 N–H and O–H groups in total. The maximum absolute atomic E-state index is 12.3. The van der Waals surface area contributed by atoms with Gasteiger partial charge in [-0.3, -0.25) is 0 Å². The van der Waals surface area contributed by atoms with Crippen molar-refractivity contribution in [1.82, 2.24) is 0 Å². The number of hydrogen-bond acceptors (Lipinski definition) is 6. The van der Waals surface area contributed by atoms with Crippen LogP contribution in [0.1, 0.15) is 69.7 Å². The zero-order chi connectivity index (χ0) is 22.9. The van der Waals surface area contributed by atoms with E-state index in [1.165, 1.54) is 12.8 Å². The van der Waals surface area contributed by atoms with E-state index in [4.69, 9.17) is 19.1 Å². The van der Waals surface area contributed by atoms with Gasteiger partial charge in [-0.15, -0.1) is 0 Å². The molecule has 1 aromatic rings. The summed E-state index contributed by atoms with van der Waals surface area (Å²) in [5.74, 6) is 1.06. The summed E-state index contributed by atoms with van der Waals surface area (Å²) in [5, 5.41) is 9.50. The lowest BCUT2D eigenvalue weighted by molar-refractivity contribution is -0.435. The highest BCUT2D eigenvalue weighted by molar-refractivity contribution is 9.10. The summed E-state index contributed by atoms with van der Waals surface area (Å²) in [7, 11) is 0. The third-order valence-corrected chi connectivity index (χ3v) is 8.70. The van der Waals surface area contributed by atoms with Crippen LogP contribution in [-0.4, -0.2) is 36.0 Å². The molecular weight excluding hydrogens is 476 g/mol. The highest BCUT2D eigenvalue weighted by Crippen LogP contribution is 2.53. The summed E-state index contributed by atoms with van der Waals surface area (Å²) in [6.45, 7) is 6.76. The van der Waals surface area contributed by atoms with Gasteiger partial charge in [0.05, 0.1) is 18.3 Å². The van der Waals surface area contributed by atoms with Crippen molar-refractivity contribution >= 4 is 21.9 Å². The SMILES string of the molecule is C[C@@H]1[C@@H]2CC[C@@H](C)C3CC[C@](C)(OO)OC(O[C@@H]1CCCOC(=O)c1ccccc1Br)C32. The third kappa shape index (κ3) is 4.92. The Morgan fingerprint density at radius 2 is 2.00 bits per heavy atom. The molecule has 0 spiro atoms. The lowest BCUT2D eigenvalue weighted by atomic mass is 9.60. The number of ether oxygens (including phenoxy) is 3. The molecule has 0 amide bonds. The van der Waals surface area contributed by atoms with Crippen LogP contribution >= 0.6 is 15.9 Å². The first-order valence-electron chi connectivity index (χ1n) is 11.9. The van der Waals surface area contributed by atoms with Crippen LogP contribution in [0.3, 0.4) is 0 Å². The Bertz CT molecular complexity index is 802. The average molecular weight is 511 g/mol. The fraction of sp³-hybridized carbons (Fsp3) is 0.720. The first kappa shape index (κ1) is 24.1. The molecule has 178 valence electrons. The monoisotopic (exact) mass is 510 g/mol. The van der Waals surface area contributed by atoms with Gasteiger partial charge in [-0.1, -0.05) is 32.4 Å². The van der Waals surface area contributed by atoms with Crippen molar-refractivity contribution in [1.29, 1.82) is 0 Å². The average Bonchev–Trinajstić information content (AvgIpc) is 2.93. The standard InChI is InChI=1S/C25H35BrO6/c1-15-10-11-18-16(2)21(9-6-14-29-23(27)19-7-4-5-8-20(19)26)30-24-22(18)17(15)12-13-25(3,31-24)32-28/h4-5,7-8,15-18,21-22,24,28H,6,9-14H2,1-3H3/t15-,16-,17?,18+,21-,22?,24?,25+/m1/s1. The van der Waals surface area contributed by atoms with Crippen LogP contribution in [0, 0.1) is 29.6 Å². The largest absolute Gasteiger partial charge is 0.462 e. The van der Waals surface area contributed by atoms with Crippen LogP contribution < -0.4 is 0 Å². The first-order chi connectivity index (χ1) is 15.3. The zero-order valence-electron chi connectivity index (χ0n) is 19.2. The molecule has 2 heterocycles. The topological polar surface area (TPSA) is 74.2 Å². The summed E-state index contributed by atoms with van der Waals surface area (Å²) in [5.41, 5.74) is 0.537. The van der Waals surface area contributed by atoms with Crippen molar-refractivity contribution in [3.63, 3.8) is 0 Å². The van der Waals surface area contributed by atoms with Gasteiger partial charge >= 0.3 is 5.97 Å². The van der Waals surface area contributed by atoms with Gasteiger partial charge in [-0.2, -0.15) is 0 Å². The minimum atomic E-state index is -1.03. The van der Waals surface area contributed by atoms with Crippen LogP contribution in [0.15, 0.2) is 28.7 Å². The Morgan fingerprint density at radius 3 is 2.75 bits per heavy atom. The van der Waals surface area contributed by atoms with Gasteiger partial charge in [-0.05, 0) is 84.3 Å². The van der Waals surface area contributed by atoms with Gasteiger partial charge in [-0.25, -0.2) is 14.9 Å². The maximum Gasteiger partial charge on any atom is 0.339 e. The molecule has 32 heavy (non-hydrogen) atoms. The number of hydrogen-bond donors (Lipinski definition) is 1. The van der Waals surface area contributed by atoms with Gasteiger partial charge in [0.25, 0.3) is 0 Å². The van der Waals surface area contributed by atoms with Gasteiger partial charge in [0, 0.05) is 16.8 Å². The van der Waals surface area contributed by atoms with Crippen LogP contribution in [0.2, 0.25) is 0 Å². The molecule has 7 heteroatoms. The summed E-state index contributed by atoms with van der Waals surface area (Å²) in [6, 6.07) is 7.28. The minimum Gasteiger partial charge on any atom is -0.462 e. The van der Waals surface area contributed by atoms with Crippen molar-refractivity contribution < 1.29 is 29.1 Å². The zero-order valence-corrected chi connectivity index (χ0v) is 20.8. The van der Waals surface area contributed by atoms with E-state index in [0.717, 1.165) is 23.7 Å². The Kier molecular flexibility index (Phi) is 7.62. The van der Waals surface area contributed by atoms with Crippen LogP contribution in [-0.2, 0) is 19.1 Å². The van der Waals surface area contributed by atoms with Crippen molar-refractivity contribution in [3.8, 4) is 0 Å². The van der Waals surface area contributed by atoms with Crippen molar-refractivity contribution in [2.24, 2.45) is 29.6 Å². The van der Waals surface area contributed by atoms with Gasteiger partial charge < -0.3 is 14.2 Å². The molecule has 4 rings (SSSR count). The molecule has 0 aromatic heterocycles. The predicted octanol–water partition coefficient (Wildman–Crippen LogP) is 6.04. The quantitative estimate of drug-likeness (QED) is 0.217. The molecule has 0 radical (unpaired) electrons. The lowest BCUT2D eigenvalue weighted by Crippen LogP contribution is -2.54. The van der Waals surface area contributed by atoms with Gasteiger partial charge in [0.15, 0.2) is 6.29 Å². The highest BCUT2D eigenvalue weighted by Gasteiger charge is 2.54. The molecule has 1 aromatic carbocycles. The molecule has 2 aliphatic heterocycles. The van der Waals surface area contributed by atoms with E-state index in [1.807, 2.05) is 18.2 Å². The second-order valence-corrected chi connectivity index (χ2v) is 10.9. The van der Waals surface area contributed by atoms with E-state index in [2.05, 4.69) is 29.8 Å². The van der Waals surface area contributed by atoms with Crippen molar-refractivity contribution in [3.05, 3.63) is 34.3 Å². The first-order valence-corrected chi connectivity index (χ1v) is 12.7. The second-order valence-electron chi connectivity index (χ2n) is 10.0. The third-order valence-electron chi connectivity index (χ3n) is 8.01. The molecule has 8 atom stereocenters. The molecule has 6 nitrogen and oxygen atoms in total. The molecule has 3 fully saturated rings. The number of halogens is 1. The molecule has 3 aliphatic rings. The van der Waals surface area contributed by atoms with E-state index in [-0.39, 0.29) is 18.4 Å². The molecule has 3 unspecified atom stereocenters. The summed E-state index contributed by atoms with van der Waals surface area (Å²) < 4.78 is 19.0. The Hall–Kier alpha value is -0.990. The fourth-order valence-electron chi connectivity index (χ4n) is 6.11. The molecule has 1 aliphatic carbocycles. The summed E-state index contributed by atoms with van der Waals surface area (Å²) >= 11 is 3.40. The number of benzene rings is 1. The smallest absolute Gasteiger partial charge is 0.339 e. The number of rotatable bonds is 6. The minimum absolute atomic E-state index is 0.0264. The second kappa shape index (κ2) is 10.1. The van der Waals surface area contributed by atoms with Gasteiger partial charge in [0.1, 0.15) is 0 Å². The normalized spacial score (nSPS) is 39.1. The van der Waals surface area contributed by atoms with Crippen molar-refractivity contribution in [2.45, 2.75) is 77.5 Å². The van der Waals surface area contributed by atoms with Crippen molar-refractivity contribution in [2.75, 3.05) is 6.61 Å². The number of esters is 1. The molecule has 0 bridgehead atoms.